The molecule has 0 unspecified atom stereocenters. The molecule has 0 spiro atoms. The van der Waals surface area contributed by atoms with Crippen molar-refractivity contribution in [2.75, 3.05) is 13.1 Å². The fourth-order valence-corrected chi connectivity index (χ4v) is 1.30. The van der Waals surface area contributed by atoms with Crippen molar-refractivity contribution in [3.63, 3.8) is 0 Å². The van der Waals surface area contributed by atoms with Crippen LogP contribution in [0.5, 0.6) is 0 Å². The van der Waals surface area contributed by atoms with E-state index in [1.54, 1.807) is 4.90 Å². The quantitative estimate of drug-likeness (QED) is 0.362. The number of nitrogens with zero attached hydrogens (tertiary/aromatic N) is 1. The number of hydrogen-bond acceptors (Lipinski definition) is 3. The molecule has 0 aromatic carbocycles. The van der Waals surface area contributed by atoms with Crippen LogP contribution >= 0.6 is 12.9 Å². The average Bonchev–Trinajstić information content (AvgIpc) is 2.05. The predicted octanol–water partition coefficient (Wildman–Crippen LogP) is 0.469. The van der Waals surface area contributed by atoms with Gasteiger partial charge >= 0.3 is 0 Å². The molecule has 0 radical (unpaired) electrons. The van der Waals surface area contributed by atoms with E-state index in [4.69, 9.17) is 4.18 Å². The first-order valence-electron chi connectivity index (χ1n) is 3.36. The molecule has 1 amide bonds. The van der Waals surface area contributed by atoms with Gasteiger partial charge in [0.05, 0.1) is 6.10 Å². The first-order chi connectivity index (χ1) is 4.86. The Morgan fingerprint density at radius 3 is 2.50 bits per heavy atom. The van der Waals surface area contributed by atoms with Gasteiger partial charge in [0.1, 0.15) is 0 Å². The van der Waals surface area contributed by atoms with Gasteiger partial charge in [-0.25, -0.2) is 0 Å². The van der Waals surface area contributed by atoms with Gasteiger partial charge in [-0.15, -0.1) is 0 Å². The molecular formula is C6H11NO2S. The maximum atomic E-state index is 10.2. The normalized spacial score (nSPS) is 21.1. The topological polar surface area (TPSA) is 29.5 Å². The highest BCUT2D eigenvalue weighted by Gasteiger charge is 2.16. The van der Waals surface area contributed by atoms with Crippen LogP contribution in [0.2, 0.25) is 0 Å². The van der Waals surface area contributed by atoms with Crippen molar-refractivity contribution in [2.45, 2.75) is 18.9 Å². The van der Waals surface area contributed by atoms with E-state index < -0.39 is 0 Å². The Kier molecular flexibility index (Phi) is 3.02. The van der Waals surface area contributed by atoms with E-state index in [0.29, 0.717) is 0 Å². The average molecular weight is 161 g/mol. The van der Waals surface area contributed by atoms with Gasteiger partial charge in [0, 0.05) is 13.1 Å². The maximum absolute atomic E-state index is 10.2. The molecule has 1 rings (SSSR count). The molecule has 0 atom stereocenters. The van der Waals surface area contributed by atoms with Gasteiger partial charge in [0.15, 0.2) is 0 Å². The van der Waals surface area contributed by atoms with Crippen molar-refractivity contribution < 1.29 is 8.98 Å². The summed E-state index contributed by atoms with van der Waals surface area (Å²) in [5.74, 6) is 0. The number of amides is 1. The summed E-state index contributed by atoms with van der Waals surface area (Å²) in [6, 6.07) is 0. The Morgan fingerprint density at radius 2 is 2.10 bits per heavy atom. The third-order valence-corrected chi connectivity index (χ3v) is 2.07. The predicted molar refractivity (Wildman–Crippen MR) is 40.7 cm³/mol. The number of piperidine rings is 1. The molecule has 0 aromatic heterocycles. The largest absolute Gasteiger partial charge is 0.345 e. The Balaban J connectivity index is 2.23. The summed E-state index contributed by atoms with van der Waals surface area (Å²) >= 11 is 3.72. The summed E-state index contributed by atoms with van der Waals surface area (Å²) in [7, 11) is 0. The van der Waals surface area contributed by atoms with Crippen LogP contribution < -0.4 is 0 Å². The molecule has 1 aliphatic rings. The van der Waals surface area contributed by atoms with Crippen LogP contribution in [0.15, 0.2) is 0 Å². The highest BCUT2D eigenvalue weighted by atomic mass is 32.1. The first-order valence-corrected chi connectivity index (χ1v) is 3.73. The summed E-state index contributed by atoms with van der Waals surface area (Å²) in [4.78, 5) is 12.0. The van der Waals surface area contributed by atoms with Crippen molar-refractivity contribution >= 4 is 19.3 Å². The summed E-state index contributed by atoms with van der Waals surface area (Å²) < 4.78 is 4.84. The van der Waals surface area contributed by atoms with Gasteiger partial charge < -0.3 is 9.08 Å². The summed E-state index contributed by atoms with van der Waals surface area (Å²) in [5.41, 5.74) is 0. The van der Waals surface area contributed by atoms with Crippen LogP contribution in [-0.2, 0) is 8.98 Å². The lowest BCUT2D eigenvalue weighted by atomic mass is 10.1. The number of likely N-dealkylation sites (tertiary alicyclic amines) is 1. The van der Waals surface area contributed by atoms with E-state index >= 15 is 0 Å². The molecule has 4 heteroatoms. The van der Waals surface area contributed by atoms with Crippen LogP contribution in [0.1, 0.15) is 12.8 Å². The zero-order chi connectivity index (χ0) is 7.40. The van der Waals surface area contributed by atoms with Gasteiger partial charge in [0.2, 0.25) is 6.41 Å². The molecular weight excluding hydrogens is 150 g/mol. The highest BCUT2D eigenvalue weighted by Crippen LogP contribution is 2.12. The number of carbonyl (C=O) groups is 1. The monoisotopic (exact) mass is 161 g/mol. The SMILES string of the molecule is O=CN1CCC(OS)CC1. The molecule has 3 nitrogen and oxygen atoms in total. The van der Waals surface area contributed by atoms with Crippen LogP contribution in [0, 0.1) is 0 Å². The molecule has 1 heterocycles. The van der Waals surface area contributed by atoms with Gasteiger partial charge in [-0.2, -0.15) is 0 Å². The second kappa shape index (κ2) is 3.83. The Bertz CT molecular complexity index is 112. The first kappa shape index (κ1) is 7.88. The summed E-state index contributed by atoms with van der Waals surface area (Å²) in [6.07, 6.45) is 2.93. The smallest absolute Gasteiger partial charge is 0.209 e. The van der Waals surface area contributed by atoms with Crippen molar-refractivity contribution in [3.8, 4) is 0 Å². The van der Waals surface area contributed by atoms with Gasteiger partial charge in [-0.1, -0.05) is 0 Å². The van der Waals surface area contributed by atoms with Crippen molar-refractivity contribution in [3.05, 3.63) is 0 Å². The van der Waals surface area contributed by atoms with Crippen LogP contribution in [0.4, 0.5) is 0 Å². The van der Waals surface area contributed by atoms with Gasteiger partial charge in [-0.3, -0.25) is 4.79 Å². The molecule has 1 aliphatic heterocycles. The second-order valence-corrected chi connectivity index (χ2v) is 2.66. The second-order valence-electron chi connectivity index (χ2n) is 2.45. The standard InChI is InChI=1S/C6H11NO2S/c8-5-7-3-1-6(9-10)2-4-7/h5-6,10H,1-4H2. The highest BCUT2D eigenvalue weighted by molar-refractivity contribution is 7.75. The third-order valence-electron chi connectivity index (χ3n) is 1.77. The fourth-order valence-electron chi connectivity index (χ4n) is 1.09. The van der Waals surface area contributed by atoms with E-state index in [0.717, 1.165) is 32.3 Å². The van der Waals surface area contributed by atoms with Crippen molar-refractivity contribution in [1.29, 1.82) is 0 Å². The Labute approximate surface area is 66.0 Å². The third kappa shape index (κ3) is 1.88. The lowest BCUT2D eigenvalue weighted by Crippen LogP contribution is -2.34. The van der Waals surface area contributed by atoms with Crippen molar-refractivity contribution in [2.24, 2.45) is 0 Å². The van der Waals surface area contributed by atoms with E-state index in [2.05, 4.69) is 12.9 Å². The fraction of sp³-hybridized carbons (Fsp3) is 0.833. The van der Waals surface area contributed by atoms with E-state index in [1.807, 2.05) is 0 Å². The summed E-state index contributed by atoms with van der Waals surface area (Å²) in [5, 5.41) is 0. The number of carbonyl (C=O) groups excluding carboxylic acids is 1. The Hall–Kier alpha value is -0.220. The van der Waals surface area contributed by atoms with Crippen LogP contribution in [0.3, 0.4) is 0 Å². The molecule has 0 aromatic rings. The lowest BCUT2D eigenvalue weighted by molar-refractivity contribution is -0.119. The van der Waals surface area contributed by atoms with E-state index in [1.165, 1.54) is 0 Å². The van der Waals surface area contributed by atoms with E-state index in [-0.39, 0.29) is 6.10 Å². The molecule has 1 fully saturated rings. The minimum absolute atomic E-state index is 0.236. The number of hydrogen-bond donors (Lipinski definition) is 1. The van der Waals surface area contributed by atoms with E-state index in [9.17, 15) is 4.79 Å². The molecule has 0 saturated carbocycles. The number of thiol groups is 1. The minimum Gasteiger partial charge on any atom is -0.345 e. The summed E-state index contributed by atoms with van der Waals surface area (Å²) in [6.45, 7) is 1.60. The van der Waals surface area contributed by atoms with Crippen LogP contribution in [0.25, 0.3) is 0 Å². The lowest BCUT2D eigenvalue weighted by Gasteiger charge is -2.27. The molecule has 0 aliphatic carbocycles. The molecule has 0 bridgehead atoms. The maximum Gasteiger partial charge on any atom is 0.209 e. The zero-order valence-electron chi connectivity index (χ0n) is 5.69. The van der Waals surface area contributed by atoms with Crippen LogP contribution in [-0.4, -0.2) is 30.5 Å². The molecule has 10 heavy (non-hydrogen) atoms. The molecule has 58 valence electrons. The van der Waals surface area contributed by atoms with Gasteiger partial charge in [-0.05, 0) is 25.8 Å². The van der Waals surface area contributed by atoms with Gasteiger partial charge in [0.25, 0.3) is 0 Å². The molecule has 1 saturated heterocycles. The zero-order valence-corrected chi connectivity index (χ0v) is 6.59. The molecule has 0 N–H and O–H groups in total. The minimum atomic E-state index is 0.236. The Morgan fingerprint density at radius 1 is 1.50 bits per heavy atom. The number of rotatable bonds is 2. The van der Waals surface area contributed by atoms with Crippen molar-refractivity contribution in [1.82, 2.24) is 4.90 Å².